The molecule has 0 spiro atoms. The molecule has 0 aliphatic rings. The van der Waals surface area contributed by atoms with Crippen LogP contribution in [0.4, 0.5) is 0 Å². The van der Waals surface area contributed by atoms with E-state index in [4.69, 9.17) is 4.74 Å². The van der Waals surface area contributed by atoms with Crippen LogP contribution in [-0.4, -0.2) is 41.9 Å². The first-order valence-corrected chi connectivity index (χ1v) is 10.2. The molecule has 0 saturated carbocycles. The molecule has 9 nitrogen and oxygen atoms in total. The van der Waals surface area contributed by atoms with Crippen molar-refractivity contribution >= 4 is 20.9 Å². The van der Waals surface area contributed by atoms with Gasteiger partial charge < -0.3 is 9.84 Å². The van der Waals surface area contributed by atoms with E-state index in [1.54, 1.807) is 24.3 Å². The fourth-order valence-corrected chi connectivity index (χ4v) is 3.90. The van der Waals surface area contributed by atoms with Gasteiger partial charge in [-0.3, -0.25) is 13.9 Å². The molecule has 1 heterocycles. The molecule has 154 valence electrons. The van der Waals surface area contributed by atoms with Crippen LogP contribution in [0.2, 0.25) is 0 Å². The Balaban J connectivity index is 1.76. The van der Waals surface area contributed by atoms with Crippen molar-refractivity contribution in [3.63, 3.8) is 0 Å². The second-order valence-electron chi connectivity index (χ2n) is 6.51. The van der Waals surface area contributed by atoms with E-state index in [9.17, 15) is 23.1 Å². The lowest BCUT2D eigenvalue weighted by Gasteiger charge is -2.14. The third-order valence-corrected chi connectivity index (χ3v) is 5.86. The van der Waals surface area contributed by atoms with Crippen molar-refractivity contribution in [2.24, 2.45) is 14.1 Å². The standard InChI is InChI=1S/C19H21N3O6S/c1-21-17-9-8-15(10-16(17)18(24)22(2)19(21)25)29(26,27)20-11-13(23)12-28-14-6-4-3-5-7-14/h3-10,13,20,23H,11-12H2,1-2H3. The molecule has 0 aliphatic carbocycles. The second-order valence-corrected chi connectivity index (χ2v) is 8.28. The van der Waals surface area contributed by atoms with E-state index in [1.165, 1.54) is 36.9 Å². The summed E-state index contributed by atoms with van der Waals surface area (Å²) in [6.07, 6.45) is -1.07. The molecule has 1 atom stereocenters. The molecular formula is C19H21N3O6S. The Morgan fingerprint density at radius 3 is 2.45 bits per heavy atom. The average molecular weight is 419 g/mol. The van der Waals surface area contributed by atoms with Gasteiger partial charge in [-0.25, -0.2) is 17.9 Å². The van der Waals surface area contributed by atoms with Gasteiger partial charge in [-0.1, -0.05) is 18.2 Å². The largest absolute Gasteiger partial charge is 0.491 e. The Bertz CT molecular complexity index is 1250. The van der Waals surface area contributed by atoms with Gasteiger partial charge in [0, 0.05) is 20.6 Å². The molecule has 3 rings (SSSR count). The first kappa shape index (κ1) is 20.8. The molecule has 0 saturated heterocycles. The molecule has 0 aliphatic heterocycles. The molecule has 0 radical (unpaired) electrons. The number of aliphatic hydroxyl groups excluding tert-OH is 1. The number of para-hydroxylation sites is 1. The lowest BCUT2D eigenvalue weighted by Crippen LogP contribution is -2.37. The Kier molecular flexibility index (Phi) is 5.87. The zero-order valence-electron chi connectivity index (χ0n) is 15.9. The molecule has 3 aromatic rings. The first-order chi connectivity index (χ1) is 13.7. The highest BCUT2D eigenvalue weighted by Crippen LogP contribution is 2.15. The molecule has 0 bridgehead atoms. The third-order valence-electron chi connectivity index (χ3n) is 4.44. The van der Waals surface area contributed by atoms with Crippen molar-refractivity contribution in [2.75, 3.05) is 13.2 Å². The van der Waals surface area contributed by atoms with E-state index < -0.39 is 27.4 Å². The number of sulfonamides is 1. The lowest BCUT2D eigenvalue weighted by atomic mass is 10.2. The molecule has 0 amide bonds. The summed E-state index contributed by atoms with van der Waals surface area (Å²) in [6, 6.07) is 12.8. The number of aliphatic hydroxyl groups is 1. The van der Waals surface area contributed by atoms with E-state index in [0.29, 0.717) is 11.3 Å². The van der Waals surface area contributed by atoms with Gasteiger partial charge in [-0.15, -0.1) is 0 Å². The Morgan fingerprint density at radius 2 is 1.76 bits per heavy atom. The van der Waals surface area contributed by atoms with Gasteiger partial charge in [0.15, 0.2) is 0 Å². The zero-order chi connectivity index (χ0) is 21.2. The maximum absolute atomic E-state index is 12.6. The first-order valence-electron chi connectivity index (χ1n) is 8.76. The number of rotatable bonds is 7. The van der Waals surface area contributed by atoms with Crippen molar-refractivity contribution in [2.45, 2.75) is 11.0 Å². The smallest absolute Gasteiger partial charge is 0.330 e. The predicted octanol–water partition coefficient (Wildman–Crippen LogP) is -0.0446. The van der Waals surface area contributed by atoms with E-state index in [2.05, 4.69) is 4.72 Å². The molecule has 0 fully saturated rings. The summed E-state index contributed by atoms with van der Waals surface area (Å²) in [5, 5.41) is 10.1. The Labute approximate surface area is 166 Å². The van der Waals surface area contributed by atoms with Crippen LogP contribution in [0.5, 0.6) is 5.75 Å². The topological polar surface area (TPSA) is 120 Å². The summed E-state index contributed by atoms with van der Waals surface area (Å²) in [4.78, 5) is 24.2. The van der Waals surface area contributed by atoms with Crippen LogP contribution in [0.25, 0.3) is 10.9 Å². The summed E-state index contributed by atoms with van der Waals surface area (Å²) in [7, 11) is -1.16. The van der Waals surface area contributed by atoms with Crippen molar-refractivity contribution in [1.29, 1.82) is 0 Å². The van der Waals surface area contributed by atoms with Crippen LogP contribution < -0.4 is 20.7 Å². The van der Waals surface area contributed by atoms with E-state index >= 15 is 0 Å². The summed E-state index contributed by atoms with van der Waals surface area (Å²) < 4.78 is 35.0. The van der Waals surface area contributed by atoms with Crippen LogP contribution in [0, 0.1) is 0 Å². The van der Waals surface area contributed by atoms with Gasteiger partial charge in [0.2, 0.25) is 10.0 Å². The number of fused-ring (bicyclic) bond motifs is 1. The fourth-order valence-electron chi connectivity index (χ4n) is 2.80. The highest BCUT2D eigenvalue weighted by molar-refractivity contribution is 7.89. The lowest BCUT2D eigenvalue weighted by molar-refractivity contribution is 0.111. The minimum Gasteiger partial charge on any atom is -0.491 e. The molecule has 2 N–H and O–H groups in total. The highest BCUT2D eigenvalue weighted by atomic mass is 32.2. The number of hydrogen-bond donors (Lipinski definition) is 2. The number of nitrogens with one attached hydrogen (secondary N) is 1. The normalized spacial score (nSPS) is 12.8. The summed E-state index contributed by atoms with van der Waals surface area (Å²) >= 11 is 0. The summed E-state index contributed by atoms with van der Waals surface area (Å²) in [5.41, 5.74) is -0.762. The van der Waals surface area contributed by atoms with Crippen molar-refractivity contribution in [1.82, 2.24) is 13.9 Å². The number of aryl methyl sites for hydroxylation is 1. The van der Waals surface area contributed by atoms with Gasteiger partial charge in [0.05, 0.1) is 15.8 Å². The Morgan fingerprint density at radius 1 is 1.07 bits per heavy atom. The van der Waals surface area contributed by atoms with Crippen LogP contribution in [0.15, 0.2) is 63.0 Å². The van der Waals surface area contributed by atoms with Crippen LogP contribution in [0.1, 0.15) is 0 Å². The van der Waals surface area contributed by atoms with E-state index in [0.717, 1.165) is 4.57 Å². The zero-order valence-corrected chi connectivity index (χ0v) is 16.7. The Hall–Kier alpha value is -2.95. The number of aromatic nitrogens is 2. The average Bonchev–Trinajstić information content (AvgIpc) is 2.73. The number of ether oxygens (including phenoxy) is 1. The molecular weight excluding hydrogens is 398 g/mol. The molecule has 10 heteroatoms. The van der Waals surface area contributed by atoms with Crippen LogP contribution in [0.3, 0.4) is 0 Å². The number of nitrogens with zero attached hydrogens (tertiary/aromatic N) is 2. The SMILES string of the molecule is Cn1c(=O)c2cc(S(=O)(=O)NCC(O)COc3ccccc3)ccc2n(C)c1=O. The highest BCUT2D eigenvalue weighted by Gasteiger charge is 2.18. The quantitative estimate of drug-likeness (QED) is 0.554. The van der Waals surface area contributed by atoms with Crippen molar-refractivity contribution in [3.8, 4) is 5.75 Å². The van der Waals surface area contributed by atoms with Gasteiger partial charge in [0.1, 0.15) is 18.5 Å². The van der Waals surface area contributed by atoms with Gasteiger partial charge >= 0.3 is 5.69 Å². The predicted molar refractivity (Wildman–Crippen MR) is 108 cm³/mol. The van der Waals surface area contributed by atoms with Gasteiger partial charge in [-0.05, 0) is 30.3 Å². The van der Waals surface area contributed by atoms with Crippen molar-refractivity contribution < 1.29 is 18.3 Å². The summed E-state index contributed by atoms with van der Waals surface area (Å²) in [6.45, 7) is -0.356. The fraction of sp³-hybridized carbons (Fsp3) is 0.263. The molecule has 1 aromatic heterocycles. The van der Waals surface area contributed by atoms with Gasteiger partial charge in [0.25, 0.3) is 5.56 Å². The minimum absolute atomic E-state index is 0.0904. The van der Waals surface area contributed by atoms with Gasteiger partial charge in [-0.2, -0.15) is 0 Å². The van der Waals surface area contributed by atoms with Crippen LogP contribution >= 0.6 is 0 Å². The number of hydrogen-bond acceptors (Lipinski definition) is 6. The summed E-state index contributed by atoms with van der Waals surface area (Å²) in [5.74, 6) is 0.561. The number of benzene rings is 2. The maximum Gasteiger partial charge on any atom is 0.330 e. The second kappa shape index (κ2) is 8.19. The van der Waals surface area contributed by atoms with Crippen molar-refractivity contribution in [3.05, 3.63) is 69.4 Å². The monoisotopic (exact) mass is 419 g/mol. The maximum atomic E-state index is 12.6. The molecule has 1 unspecified atom stereocenters. The van der Waals surface area contributed by atoms with E-state index in [1.807, 2.05) is 6.07 Å². The van der Waals surface area contributed by atoms with E-state index in [-0.39, 0.29) is 23.4 Å². The van der Waals surface area contributed by atoms with Crippen LogP contribution in [-0.2, 0) is 24.1 Å². The third kappa shape index (κ3) is 4.39. The molecule has 2 aromatic carbocycles. The molecule has 29 heavy (non-hydrogen) atoms. The minimum atomic E-state index is -3.98.